The second kappa shape index (κ2) is 6.33. The van der Waals surface area contributed by atoms with Gasteiger partial charge in [-0.25, -0.2) is 0 Å². The van der Waals surface area contributed by atoms with E-state index in [1.807, 2.05) is 0 Å². The molecule has 0 aromatic heterocycles. The molecule has 1 unspecified atom stereocenters. The van der Waals surface area contributed by atoms with Crippen molar-refractivity contribution in [2.45, 2.75) is 90.0 Å². The van der Waals surface area contributed by atoms with Crippen LogP contribution < -0.4 is 0 Å². The first kappa shape index (κ1) is 15.9. The third-order valence-electron chi connectivity index (χ3n) is 4.55. The molecule has 1 aliphatic rings. The van der Waals surface area contributed by atoms with Gasteiger partial charge in [0.1, 0.15) is 6.10 Å². The van der Waals surface area contributed by atoms with Crippen molar-refractivity contribution in [2.75, 3.05) is 0 Å². The van der Waals surface area contributed by atoms with Gasteiger partial charge < -0.3 is 4.43 Å². The summed E-state index contributed by atoms with van der Waals surface area (Å²) in [6, 6.07) is 0. The van der Waals surface area contributed by atoms with Gasteiger partial charge in [-0.1, -0.05) is 48.0 Å². The van der Waals surface area contributed by atoms with Crippen LogP contribution in [0, 0.1) is 0 Å². The summed E-state index contributed by atoms with van der Waals surface area (Å²) in [4.78, 5) is 12.0. The van der Waals surface area contributed by atoms with Gasteiger partial charge in [0.05, 0.1) is 0 Å². The number of hydrogen-bond donors (Lipinski definition) is 0. The van der Waals surface area contributed by atoms with E-state index < -0.39 is 8.32 Å². The van der Waals surface area contributed by atoms with E-state index in [4.69, 9.17) is 4.43 Å². The van der Waals surface area contributed by atoms with Crippen molar-refractivity contribution >= 4 is 14.1 Å². The van der Waals surface area contributed by atoms with Gasteiger partial charge in [0.15, 0.2) is 5.78 Å². The average Bonchev–Trinajstić information content (AvgIpc) is 2.26. The van der Waals surface area contributed by atoms with Crippen LogP contribution in [0.3, 0.4) is 0 Å². The first-order valence-corrected chi connectivity index (χ1v) is 9.66. The molecule has 1 fully saturated rings. The number of rotatable bonds is 5. The molecule has 1 rings (SSSR count). The van der Waals surface area contributed by atoms with Gasteiger partial charge >= 0.3 is 0 Å². The Labute approximate surface area is 114 Å². The van der Waals surface area contributed by atoms with E-state index in [1.165, 1.54) is 0 Å². The summed E-state index contributed by atoms with van der Waals surface area (Å²) in [7, 11) is -1.88. The molecule has 0 N–H and O–H groups in total. The number of hydrogen-bond acceptors (Lipinski definition) is 2. The van der Waals surface area contributed by atoms with Crippen LogP contribution in [0.25, 0.3) is 0 Å². The number of carbonyl (C=O) groups excluding carboxylic acids is 1. The predicted molar refractivity (Wildman–Crippen MR) is 79.4 cm³/mol. The number of ketones is 1. The van der Waals surface area contributed by atoms with E-state index in [2.05, 4.69) is 41.5 Å². The maximum atomic E-state index is 12.0. The highest BCUT2D eigenvalue weighted by Crippen LogP contribution is 2.43. The van der Waals surface area contributed by atoms with Crippen molar-refractivity contribution in [3.63, 3.8) is 0 Å². The van der Waals surface area contributed by atoms with Crippen molar-refractivity contribution in [3.8, 4) is 0 Å². The van der Waals surface area contributed by atoms with E-state index in [0.29, 0.717) is 22.4 Å². The normalized spacial score (nSPS) is 22.3. The fraction of sp³-hybridized carbons (Fsp3) is 0.933. The average molecular weight is 270 g/mol. The van der Waals surface area contributed by atoms with E-state index in [0.717, 1.165) is 25.7 Å². The lowest BCUT2D eigenvalue weighted by Crippen LogP contribution is -2.52. The molecule has 18 heavy (non-hydrogen) atoms. The molecule has 0 saturated heterocycles. The first-order chi connectivity index (χ1) is 8.32. The highest BCUT2D eigenvalue weighted by Gasteiger charge is 2.47. The topological polar surface area (TPSA) is 26.3 Å². The highest BCUT2D eigenvalue weighted by molar-refractivity contribution is 6.77. The van der Waals surface area contributed by atoms with Gasteiger partial charge in [-0.3, -0.25) is 4.79 Å². The Hall–Kier alpha value is -0.153. The Balaban J connectivity index is 2.93. The molecular formula is C15H30O2Si. The first-order valence-electron chi connectivity index (χ1n) is 7.52. The molecule has 1 saturated carbocycles. The summed E-state index contributed by atoms with van der Waals surface area (Å²) in [5, 5.41) is 0. The van der Waals surface area contributed by atoms with Gasteiger partial charge in [-0.15, -0.1) is 0 Å². The quantitative estimate of drug-likeness (QED) is 0.677. The molecule has 0 aromatic rings. The molecule has 2 nitrogen and oxygen atoms in total. The van der Waals surface area contributed by atoms with E-state index >= 15 is 0 Å². The molecular weight excluding hydrogens is 240 g/mol. The standard InChI is InChI=1S/C15H30O2Si/c1-11(2)18(12(3)4,13(5)6)17-15-10-8-7-9-14(15)16/h11-13,15H,7-10H2,1-6H3. The molecule has 0 heterocycles. The third-order valence-corrected chi connectivity index (χ3v) is 10.7. The van der Waals surface area contributed by atoms with Crippen LogP contribution in [0.15, 0.2) is 0 Å². The highest BCUT2D eigenvalue weighted by atomic mass is 28.4. The zero-order chi connectivity index (χ0) is 13.9. The third kappa shape index (κ3) is 3.05. The van der Waals surface area contributed by atoms with Gasteiger partial charge in [0, 0.05) is 6.42 Å². The van der Waals surface area contributed by atoms with Crippen LogP contribution >= 0.6 is 0 Å². The Morgan fingerprint density at radius 3 is 1.89 bits per heavy atom. The fourth-order valence-corrected chi connectivity index (χ4v) is 9.29. The molecule has 0 aliphatic heterocycles. The molecule has 106 valence electrons. The molecule has 1 aliphatic carbocycles. The fourth-order valence-electron chi connectivity index (χ4n) is 3.73. The van der Waals surface area contributed by atoms with E-state index in [-0.39, 0.29) is 6.10 Å². The monoisotopic (exact) mass is 270 g/mol. The second-order valence-electron chi connectivity index (χ2n) is 6.64. The summed E-state index contributed by atoms with van der Waals surface area (Å²) >= 11 is 0. The maximum Gasteiger partial charge on any atom is 0.201 e. The van der Waals surface area contributed by atoms with E-state index in [9.17, 15) is 4.79 Å². The van der Waals surface area contributed by atoms with E-state index in [1.54, 1.807) is 0 Å². The van der Waals surface area contributed by atoms with Crippen molar-refractivity contribution in [1.29, 1.82) is 0 Å². The van der Waals surface area contributed by atoms with Crippen LogP contribution in [0.2, 0.25) is 16.6 Å². The molecule has 0 bridgehead atoms. The zero-order valence-corrected chi connectivity index (χ0v) is 14.0. The van der Waals surface area contributed by atoms with Crippen LogP contribution in [-0.4, -0.2) is 20.2 Å². The van der Waals surface area contributed by atoms with Gasteiger partial charge in [-0.2, -0.15) is 0 Å². The maximum absolute atomic E-state index is 12.0. The molecule has 1 atom stereocenters. The molecule has 0 aromatic carbocycles. The second-order valence-corrected chi connectivity index (χ2v) is 12.0. The smallest absolute Gasteiger partial charge is 0.201 e. The summed E-state index contributed by atoms with van der Waals surface area (Å²) < 4.78 is 6.56. The molecule has 0 radical (unpaired) electrons. The molecule has 0 spiro atoms. The minimum atomic E-state index is -1.88. The van der Waals surface area contributed by atoms with Crippen LogP contribution in [0.4, 0.5) is 0 Å². The molecule has 3 heteroatoms. The largest absolute Gasteiger partial charge is 0.406 e. The Kier molecular flexibility index (Phi) is 5.59. The summed E-state index contributed by atoms with van der Waals surface area (Å²) in [5.74, 6) is 0.347. The Morgan fingerprint density at radius 2 is 1.50 bits per heavy atom. The SMILES string of the molecule is CC(C)[Si](OC1CCCCC1=O)(C(C)C)C(C)C. The lowest BCUT2D eigenvalue weighted by molar-refractivity contribution is -0.128. The lowest BCUT2D eigenvalue weighted by atomic mass is 9.97. The predicted octanol–water partition coefficient (Wildman–Crippen LogP) is 4.69. The minimum Gasteiger partial charge on any atom is -0.406 e. The molecule has 0 amide bonds. The number of Topliss-reactive ketones (excluding diaryl/α,β-unsaturated/α-hetero) is 1. The van der Waals surface area contributed by atoms with Crippen molar-refractivity contribution in [2.24, 2.45) is 0 Å². The lowest BCUT2D eigenvalue weighted by Gasteiger charge is -2.44. The Morgan fingerprint density at radius 1 is 1.00 bits per heavy atom. The summed E-state index contributed by atoms with van der Waals surface area (Å²) in [6.45, 7) is 13.7. The van der Waals surface area contributed by atoms with Gasteiger partial charge in [0.2, 0.25) is 8.32 Å². The van der Waals surface area contributed by atoms with Crippen molar-refractivity contribution in [1.82, 2.24) is 0 Å². The number of carbonyl (C=O) groups is 1. The summed E-state index contributed by atoms with van der Waals surface area (Å²) in [6.07, 6.45) is 3.77. The van der Waals surface area contributed by atoms with Crippen molar-refractivity contribution in [3.05, 3.63) is 0 Å². The van der Waals surface area contributed by atoms with Crippen molar-refractivity contribution < 1.29 is 9.22 Å². The minimum absolute atomic E-state index is 0.0994. The summed E-state index contributed by atoms with van der Waals surface area (Å²) in [5.41, 5.74) is 1.69. The Bertz CT molecular complexity index is 262. The van der Waals surface area contributed by atoms with Gasteiger partial charge in [0.25, 0.3) is 0 Å². The van der Waals surface area contributed by atoms with Gasteiger partial charge in [-0.05, 0) is 29.5 Å². The zero-order valence-electron chi connectivity index (χ0n) is 13.0. The van der Waals surface area contributed by atoms with Crippen LogP contribution in [0.1, 0.15) is 67.2 Å². The van der Waals surface area contributed by atoms with Crippen LogP contribution in [0.5, 0.6) is 0 Å². The van der Waals surface area contributed by atoms with Crippen LogP contribution in [-0.2, 0) is 9.22 Å².